The predicted octanol–water partition coefficient (Wildman–Crippen LogP) is 3.15. The van der Waals surface area contributed by atoms with Crippen molar-refractivity contribution < 1.29 is 14.3 Å². The van der Waals surface area contributed by atoms with E-state index >= 15 is 0 Å². The average molecular weight is 286 g/mol. The topological polar surface area (TPSA) is 35.5 Å². The van der Waals surface area contributed by atoms with Crippen molar-refractivity contribution in [1.29, 1.82) is 0 Å². The molecule has 2 fully saturated rings. The van der Waals surface area contributed by atoms with Crippen LogP contribution in [0.1, 0.15) is 54.7 Å². The molecule has 3 heteroatoms. The molecule has 112 valence electrons. The van der Waals surface area contributed by atoms with Crippen molar-refractivity contribution in [1.82, 2.24) is 0 Å². The molecule has 1 saturated heterocycles. The second-order valence-electron chi connectivity index (χ2n) is 6.63. The molecule has 1 aromatic carbocycles. The Balaban J connectivity index is 1.54. The summed E-state index contributed by atoms with van der Waals surface area (Å²) in [6.07, 6.45) is 6.44. The number of Topliss-reactive ketones (excluding diaryl/α,β-unsaturated/α-hetero) is 1. The zero-order valence-corrected chi connectivity index (χ0v) is 12.4. The fourth-order valence-corrected chi connectivity index (χ4v) is 4.03. The van der Waals surface area contributed by atoms with Crippen LogP contribution >= 0.6 is 0 Å². The van der Waals surface area contributed by atoms with E-state index in [4.69, 9.17) is 9.47 Å². The van der Waals surface area contributed by atoms with E-state index in [1.54, 1.807) is 0 Å². The zero-order valence-electron chi connectivity index (χ0n) is 12.4. The predicted molar refractivity (Wildman–Crippen MR) is 79.3 cm³/mol. The summed E-state index contributed by atoms with van der Waals surface area (Å²) in [5.41, 5.74) is 4.25. The van der Waals surface area contributed by atoms with Gasteiger partial charge in [0.15, 0.2) is 5.79 Å². The lowest BCUT2D eigenvalue weighted by Crippen LogP contribution is -2.37. The molecular weight excluding hydrogens is 264 g/mol. The number of aryl methyl sites for hydroxylation is 1. The summed E-state index contributed by atoms with van der Waals surface area (Å²) in [4.78, 5) is 11.4. The molecule has 2 aliphatic carbocycles. The van der Waals surface area contributed by atoms with E-state index in [-0.39, 0.29) is 5.79 Å². The molecule has 3 aliphatic rings. The molecule has 1 heterocycles. The van der Waals surface area contributed by atoms with Gasteiger partial charge < -0.3 is 9.47 Å². The first-order valence-electron chi connectivity index (χ1n) is 8.15. The summed E-state index contributed by atoms with van der Waals surface area (Å²) in [5, 5.41) is 0. The van der Waals surface area contributed by atoms with Crippen molar-refractivity contribution in [2.24, 2.45) is 0 Å². The molecule has 21 heavy (non-hydrogen) atoms. The minimum absolute atomic E-state index is 0.341. The van der Waals surface area contributed by atoms with Gasteiger partial charge in [-0.2, -0.15) is 0 Å². The fraction of sp³-hybridized carbons (Fsp3) is 0.611. The van der Waals surface area contributed by atoms with Crippen LogP contribution in [-0.2, 0) is 27.1 Å². The molecule has 0 bridgehead atoms. The third-order valence-electron chi connectivity index (χ3n) is 5.29. The first-order chi connectivity index (χ1) is 10.2. The van der Waals surface area contributed by atoms with Crippen molar-refractivity contribution in [3.05, 3.63) is 34.9 Å². The lowest BCUT2D eigenvalue weighted by atomic mass is 9.80. The highest BCUT2D eigenvalue weighted by Crippen LogP contribution is 2.38. The number of ether oxygens (including phenoxy) is 2. The van der Waals surface area contributed by atoms with Crippen LogP contribution in [0.5, 0.6) is 0 Å². The van der Waals surface area contributed by atoms with Crippen LogP contribution in [0.2, 0.25) is 0 Å². The van der Waals surface area contributed by atoms with Gasteiger partial charge in [-0.3, -0.25) is 4.79 Å². The van der Waals surface area contributed by atoms with Gasteiger partial charge in [-0.25, -0.2) is 0 Å². The van der Waals surface area contributed by atoms with Crippen molar-refractivity contribution in [2.75, 3.05) is 13.2 Å². The number of hydrogen-bond donors (Lipinski definition) is 0. The van der Waals surface area contributed by atoms with E-state index in [2.05, 4.69) is 18.2 Å². The summed E-state index contributed by atoms with van der Waals surface area (Å²) < 4.78 is 11.7. The van der Waals surface area contributed by atoms with Gasteiger partial charge in [-0.1, -0.05) is 18.2 Å². The van der Waals surface area contributed by atoms with E-state index in [9.17, 15) is 4.79 Å². The highest BCUT2D eigenvalue weighted by Gasteiger charge is 2.39. The van der Waals surface area contributed by atoms with Crippen LogP contribution in [0.15, 0.2) is 18.2 Å². The molecule has 1 saturated carbocycles. The van der Waals surface area contributed by atoms with Crippen LogP contribution in [0.25, 0.3) is 0 Å². The van der Waals surface area contributed by atoms with Gasteiger partial charge in [0.25, 0.3) is 0 Å². The zero-order chi connectivity index (χ0) is 14.3. The van der Waals surface area contributed by atoms with Crippen molar-refractivity contribution in [3.8, 4) is 0 Å². The highest BCUT2D eigenvalue weighted by atomic mass is 16.7. The summed E-state index contributed by atoms with van der Waals surface area (Å²) in [6.45, 7) is 1.45. The highest BCUT2D eigenvalue weighted by molar-refractivity contribution is 5.79. The monoisotopic (exact) mass is 286 g/mol. The molecule has 1 spiro atoms. The van der Waals surface area contributed by atoms with Gasteiger partial charge >= 0.3 is 0 Å². The molecular formula is C18H22O3. The summed E-state index contributed by atoms with van der Waals surface area (Å²) >= 11 is 0. The SMILES string of the molecule is O=C1CCC(c2ccc3c(c2)CCC2(C3)OCCO2)CC1. The molecule has 0 atom stereocenters. The molecule has 0 N–H and O–H groups in total. The number of ketones is 1. The van der Waals surface area contributed by atoms with Gasteiger partial charge in [0.2, 0.25) is 0 Å². The van der Waals surface area contributed by atoms with Crippen LogP contribution in [0.4, 0.5) is 0 Å². The molecule has 0 amide bonds. The average Bonchev–Trinajstić information content (AvgIpc) is 2.96. The Morgan fingerprint density at radius 3 is 2.52 bits per heavy atom. The Kier molecular flexibility index (Phi) is 3.35. The van der Waals surface area contributed by atoms with Crippen LogP contribution in [0.3, 0.4) is 0 Å². The molecule has 0 radical (unpaired) electrons. The maximum atomic E-state index is 11.4. The number of benzene rings is 1. The molecule has 0 unspecified atom stereocenters. The van der Waals surface area contributed by atoms with E-state index in [0.29, 0.717) is 11.7 Å². The Morgan fingerprint density at radius 2 is 1.76 bits per heavy atom. The Morgan fingerprint density at radius 1 is 1.00 bits per heavy atom. The molecule has 0 aromatic heterocycles. The Labute approximate surface area is 125 Å². The summed E-state index contributed by atoms with van der Waals surface area (Å²) in [5.74, 6) is 0.663. The Hall–Kier alpha value is -1.19. The first-order valence-corrected chi connectivity index (χ1v) is 8.15. The van der Waals surface area contributed by atoms with E-state index in [1.165, 1.54) is 16.7 Å². The van der Waals surface area contributed by atoms with Gasteiger partial charge in [-0.15, -0.1) is 0 Å². The van der Waals surface area contributed by atoms with Crippen molar-refractivity contribution in [3.63, 3.8) is 0 Å². The second-order valence-corrected chi connectivity index (χ2v) is 6.63. The Bertz CT molecular complexity index is 548. The second kappa shape index (κ2) is 5.22. The third-order valence-corrected chi connectivity index (χ3v) is 5.29. The van der Waals surface area contributed by atoms with Crippen LogP contribution in [0, 0.1) is 0 Å². The maximum Gasteiger partial charge on any atom is 0.172 e. The van der Waals surface area contributed by atoms with Gasteiger partial charge in [-0.05, 0) is 41.9 Å². The van der Waals surface area contributed by atoms with Crippen molar-refractivity contribution in [2.45, 2.75) is 56.7 Å². The van der Waals surface area contributed by atoms with E-state index < -0.39 is 0 Å². The van der Waals surface area contributed by atoms with Crippen LogP contribution in [-0.4, -0.2) is 24.8 Å². The third kappa shape index (κ3) is 2.53. The first kappa shape index (κ1) is 13.5. The normalized spacial score (nSPS) is 25.2. The fourth-order valence-electron chi connectivity index (χ4n) is 4.03. The minimum Gasteiger partial charge on any atom is -0.347 e. The number of carbonyl (C=O) groups is 1. The molecule has 1 aromatic rings. The van der Waals surface area contributed by atoms with Crippen molar-refractivity contribution >= 4 is 5.78 Å². The number of fused-ring (bicyclic) bond motifs is 1. The van der Waals surface area contributed by atoms with E-state index in [1.807, 2.05) is 0 Å². The van der Waals surface area contributed by atoms with Crippen LogP contribution < -0.4 is 0 Å². The number of rotatable bonds is 1. The molecule has 1 aliphatic heterocycles. The summed E-state index contributed by atoms with van der Waals surface area (Å²) in [7, 11) is 0. The standard InChI is InChI=1S/C18H22O3/c19-17-5-3-13(4-6-17)14-1-2-16-12-18(20-9-10-21-18)8-7-15(16)11-14/h1-2,11,13H,3-10,12H2. The van der Waals surface area contributed by atoms with Gasteiger partial charge in [0, 0.05) is 25.7 Å². The van der Waals surface area contributed by atoms with E-state index in [0.717, 1.165) is 58.2 Å². The maximum absolute atomic E-state index is 11.4. The smallest absolute Gasteiger partial charge is 0.172 e. The largest absolute Gasteiger partial charge is 0.347 e. The van der Waals surface area contributed by atoms with Gasteiger partial charge in [0.1, 0.15) is 5.78 Å². The van der Waals surface area contributed by atoms with Gasteiger partial charge in [0.05, 0.1) is 13.2 Å². The lowest BCUT2D eigenvalue weighted by Gasteiger charge is -2.33. The number of carbonyl (C=O) groups excluding carboxylic acids is 1. The minimum atomic E-state index is -0.341. The lowest BCUT2D eigenvalue weighted by molar-refractivity contribution is -0.163. The molecule has 3 nitrogen and oxygen atoms in total. The number of hydrogen-bond acceptors (Lipinski definition) is 3. The molecule has 4 rings (SSSR count). The quantitative estimate of drug-likeness (QED) is 0.795. The summed E-state index contributed by atoms with van der Waals surface area (Å²) in [6, 6.07) is 6.89.